The number of nitrogens with one attached hydrogen (secondary N) is 1. The molecule has 0 aliphatic rings. The molecular weight excluding hydrogens is 360 g/mol. The molecule has 19 heavy (non-hydrogen) atoms. The van der Waals surface area contributed by atoms with Crippen molar-refractivity contribution in [2.75, 3.05) is 19.8 Å². The van der Waals surface area contributed by atoms with Crippen LogP contribution in [0.4, 0.5) is 4.39 Å². The fourth-order valence-electron chi connectivity index (χ4n) is 1.36. The Bertz CT molecular complexity index is 371. The number of ether oxygens (including phenoxy) is 1. The van der Waals surface area contributed by atoms with Crippen molar-refractivity contribution in [3.05, 3.63) is 35.6 Å². The van der Waals surface area contributed by atoms with Crippen molar-refractivity contribution in [1.82, 2.24) is 5.32 Å². The third kappa shape index (κ3) is 8.77. The van der Waals surface area contributed by atoms with E-state index in [-0.39, 0.29) is 29.8 Å². The Morgan fingerprint density at radius 3 is 2.68 bits per heavy atom. The highest BCUT2D eigenvalue weighted by Gasteiger charge is 1.94. The summed E-state index contributed by atoms with van der Waals surface area (Å²) in [4.78, 5) is 4.16. The Morgan fingerprint density at radius 1 is 1.37 bits per heavy atom. The minimum Gasteiger partial charge on any atom is -0.382 e. The summed E-state index contributed by atoms with van der Waals surface area (Å²) in [6.45, 7) is 4.60. The number of hydrogen-bond donors (Lipinski definition) is 2. The van der Waals surface area contributed by atoms with Gasteiger partial charge in [-0.1, -0.05) is 12.1 Å². The quantitative estimate of drug-likeness (QED) is 0.330. The first-order chi connectivity index (χ1) is 8.72. The van der Waals surface area contributed by atoms with Gasteiger partial charge in [-0.3, -0.25) is 0 Å². The molecule has 0 saturated heterocycles. The minimum atomic E-state index is -0.246. The number of hydrogen-bond acceptors (Lipinski definition) is 2. The molecule has 4 nitrogen and oxygen atoms in total. The van der Waals surface area contributed by atoms with Gasteiger partial charge in [0, 0.05) is 19.8 Å². The van der Waals surface area contributed by atoms with Crippen molar-refractivity contribution in [3.63, 3.8) is 0 Å². The molecule has 0 amide bonds. The van der Waals surface area contributed by atoms with Crippen molar-refractivity contribution >= 4 is 29.9 Å². The second-order valence-electron chi connectivity index (χ2n) is 3.81. The summed E-state index contributed by atoms with van der Waals surface area (Å²) in [5.74, 6) is 0.153. The maximum absolute atomic E-state index is 12.7. The van der Waals surface area contributed by atoms with E-state index >= 15 is 0 Å². The molecule has 0 aromatic heterocycles. The Kier molecular flexibility index (Phi) is 10.5. The molecule has 1 aromatic carbocycles. The number of benzene rings is 1. The number of halogens is 2. The van der Waals surface area contributed by atoms with Gasteiger partial charge in [-0.25, -0.2) is 9.38 Å². The second kappa shape index (κ2) is 11.0. The van der Waals surface area contributed by atoms with Crippen LogP contribution in [0.5, 0.6) is 0 Å². The van der Waals surface area contributed by atoms with Gasteiger partial charge < -0.3 is 15.8 Å². The van der Waals surface area contributed by atoms with Crippen LogP contribution in [-0.2, 0) is 11.3 Å². The summed E-state index contributed by atoms with van der Waals surface area (Å²) in [7, 11) is 0. The van der Waals surface area contributed by atoms with Gasteiger partial charge >= 0.3 is 0 Å². The van der Waals surface area contributed by atoms with E-state index in [1.165, 1.54) is 12.1 Å². The van der Waals surface area contributed by atoms with E-state index in [0.717, 1.165) is 31.7 Å². The van der Waals surface area contributed by atoms with Crippen LogP contribution >= 0.6 is 24.0 Å². The fraction of sp³-hybridized carbons (Fsp3) is 0.462. The number of nitrogens with zero attached hydrogens (tertiary/aromatic N) is 1. The number of nitrogens with two attached hydrogens (primary N) is 1. The van der Waals surface area contributed by atoms with Crippen LogP contribution in [0.3, 0.4) is 0 Å². The molecule has 108 valence electrons. The lowest BCUT2D eigenvalue weighted by molar-refractivity contribution is 0.145. The molecule has 0 bridgehead atoms. The Balaban J connectivity index is 0.00000324. The normalized spacial score (nSPS) is 10.9. The van der Waals surface area contributed by atoms with Gasteiger partial charge in [-0.15, -0.1) is 24.0 Å². The van der Waals surface area contributed by atoms with Crippen LogP contribution in [0, 0.1) is 5.82 Å². The van der Waals surface area contributed by atoms with E-state index in [1.807, 2.05) is 6.92 Å². The minimum absolute atomic E-state index is 0. The van der Waals surface area contributed by atoms with Gasteiger partial charge in [0.15, 0.2) is 5.96 Å². The SMILES string of the molecule is CCOCCCNC(N)=NCc1ccc(F)cc1.I. The van der Waals surface area contributed by atoms with E-state index in [1.54, 1.807) is 12.1 Å². The lowest BCUT2D eigenvalue weighted by Crippen LogP contribution is -2.32. The van der Waals surface area contributed by atoms with Crippen molar-refractivity contribution in [1.29, 1.82) is 0 Å². The highest BCUT2D eigenvalue weighted by Crippen LogP contribution is 2.03. The molecule has 6 heteroatoms. The molecule has 1 aromatic rings. The predicted octanol–water partition coefficient (Wildman–Crippen LogP) is 2.27. The van der Waals surface area contributed by atoms with Gasteiger partial charge in [-0.05, 0) is 31.0 Å². The summed E-state index contributed by atoms with van der Waals surface area (Å²) in [6.07, 6.45) is 0.889. The monoisotopic (exact) mass is 381 g/mol. The molecule has 0 fully saturated rings. The Hall–Kier alpha value is -0.890. The van der Waals surface area contributed by atoms with E-state index in [0.29, 0.717) is 12.5 Å². The highest BCUT2D eigenvalue weighted by atomic mass is 127. The van der Waals surface area contributed by atoms with Crippen molar-refractivity contribution in [2.45, 2.75) is 19.9 Å². The zero-order valence-electron chi connectivity index (χ0n) is 11.1. The van der Waals surface area contributed by atoms with Gasteiger partial charge in [0.2, 0.25) is 0 Å². The molecule has 0 aliphatic heterocycles. The van der Waals surface area contributed by atoms with Crippen LogP contribution in [0.15, 0.2) is 29.3 Å². The molecule has 0 radical (unpaired) electrons. The summed E-state index contributed by atoms with van der Waals surface area (Å²) in [5, 5.41) is 3.00. The van der Waals surface area contributed by atoms with Gasteiger partial charge in [0.25, 0.3) is 0 Å². The smallest absolute Gasteiger partial charge is 0.188 e. The summed E-state index contributed by atoms with van der Waals surface area (Å²) in [5.41, 5.74) is 6.62. The van der Waals surface area contributed by atoms with Crippen molar-refractivity contribution < 1.29 is 9.13 Å². The summed E-state index contributed by atoms with van der Waals surface area (Å²) < 4.78 is 17.9. The maximum Gasteiger partial charge on any atom is 0.188 e. The average Bonchev–Trinajstić information content (AvgIpc) is 2.38. The van der Waals surface area contributed by atoms with E-state index < -0.39 is 0 Å². The molecule has 0 saturated carbocycles. The average molecular weight is 381 g/mol. The van der Waals surface area contributed by atoms with Gasteiger partial charge in [0.1, 0.15) is 5.82 Å². The molecule has 0 unspecified atom stereocenters. The second-order valence-corrected chi connectivity index (χ2v) is 3.81. The zero-order chi connectivity index (χ0) is 13.2. The van der Waals surface area contributed by atoms with Crippen LogP contribution in [-0.4, -0.2) is 25.7 Å². The van der Waals surface area contributed by atoms with E-state index in [9.17, 15) is 4.39 Å². The molecule has 1 rings (SSSR count). The number of rotatable bonds is 7. The van der Waals surface area contributed by atoms with Crippen LogP contribution < -0.4 is 11.1 Å². The highest BCUT2D eigenvalue weighted by molar-refractivity contribution is 14.0. The lowest BCUT2D eigenvalue weighted by atomic mass is 10.2. The molecule has 0 heterocycles. The van der Waals surface area contributed by atoms with Crippen molar-refractivity contribution in [3.8, 4) is 0 Å². The van der Waals surface area contributed by atoms with Gasteiger partial charge in [0.05, 0.1) is 6.54 Å². The predicted molar refractivity (Wildman–Crippen MR) is 86.3 cm³/mol. The van der Waals surface area contributed by atoms with E-state index in [4.69, 9.17) is 10.5 Å². The summed E-state index contributed by atoms with van der Waals surface area (Å²) in [6, 6.07) is 6.22. The fourth-order valence-corrected chi connectivity index (χ4v) is 1.36. The first-order valence-corrected chi connectivity index (χ1v) is 6.08. The topological polar surface area (TPSA) is 59.6 Å². The van der Waals surface area contributed by atoms with E-state index in [2.05, 4.69) is 10.3 Å². The van der Waals surface area contributed by atoms with Gasteiger partial charge in [-0.2, -0.15) is 0 Å². The maximum atomic E-state index is 12.7. The first-order valence-electron chi connectivity index (χ1n) is 6.08. The molecule has 0 spiro atoms. The molecule has 0 aliphatic carbocycles. The zero-order valence-corrected chi connectivity index (χ0v) is 13.4. The Labute approximate surface area is 130 Å². The lowest BCUT2D eigenvalue weighted by Gasteiger charge is -2.05. The number of guanidine groups is 1. The van der Waals surface area contributed by atoms with Crippen LogP contribution in [0.1, 0.15) is 18.9 Å². The number of aliphatic imine (C=N–C) groups is 1. The third-order valence-corrected chi connectivity index (χ3v) is 2.32. The molecule has 0 atom stereocenters. The molecular formula is C13H21FIN3O. The molecule has 3 N–H and O–H groups in total. The third-order valence-electron chi connectivity index (χ3n) is 2.32. The van der Waals surface area contributed by atoms with Crippen molar-refractivity contribution in [2.24, 2.45) is 10.7 Å². The summed E-state index contributed by atoms with van der Waals surface area (Å²) >= 11 is 0. The Morgan fingerprint density at radius 2 is 2.05 bits per heavy atom. The largest absolute Gasteiger partial charge is 0.382 e. The van der Waals surface area contributed by atoms with Crippen LogP contribution in [0.2, 0.25) is 0 Å². The standard InChI is InChI=1S/C13H20FN3O.HI/c1-2-18-9-3-8-16-13(15)17-10-11-4-6-12(14)7-5-11;/h4-7H,2-3,8-10H2,1H3,(H3,15,16,17);1H. The first kappa shape index (κ1) is 18.1. The van der Waals surface area contributed by atoms with Crippen LogP contribution in [0.25, 0.3) is 0 Å².